The largest absolute Gasteiger partial charge is 0.303 e. The van der Waals surface area contributed by atoms with Crippen molar-refractivity contribution < 1.29 is 0 Å². The third-order valence-electron chi connectivity index (χ3n) is 17.1. The fourth-order valence-corrected chi connectivity index (χ4v) is 14.4. The Balaban J connectivity index is 0.848. The first-order valence-corrected chi connectivity index (χ1v) is 24.3. The minimum atomic E-state index is -0.215. The predicted octanol–water partition coefficient (Wildman–Crippen LogP) is 16.9. The maximum Gasteiger partial charge on any atom is 0.0977 e. The Bertz CT molecular complexity index is 3360. The van der Waals surface area contributed by atoms with Crippen molar-refractivity contribution >= 4 is 27.8 Å². The van der Waals surface area contributed by atoms with Gasteiger partial charge >= 0.3 is 0 Å². The fourth-order valence-electron chi connectivity index (χ4n) is 14.4. The summed E-state index contributed by atoms with van der Waals surface area (Å²) in [6.07, 6.45) is 7.12. The van der Waals surface area contributed by atoms with Crippen molar-refractivity contribution in [2.45, 2.75) is 56.8 Å². The van der Waals surface area contributed by atoms with E-state index in [1.54, 1.807) is 11.1 Å². The lowest BCUT2D eigenvalue weighted by atomic mass is 9.43. The van der Waals surface area contributed by atoms with Crippen LogP contribution in [0.5, 0.6) is 0 Å². The molecule has 9 aromatic rings. The highest BCUT2D eigenvalue weighted by molar-refractivity contribution is 5.97. The highest BCUT2D eigenvalue weighted by Gasteiger charge is 2.61. The summed E-state index contributed by atoms with van der Waals surface area (Å²) in [7, 11) is 0. The summed E-state index contributed by atoms with van der Waals surface area (Å²) in [5.41, 5.74) is 21.8. The van der Waals surface area contributed by atoms with Crippen LogP contribution in [0.1, 0.15) is 68.2 Å². The minimum absolute atomic E-state index is 0.192. The second-order valence-corrected chi connectivity index (χ2v) is 20.8. The smallest absolute Gasteiger partial charge is 0.0977 e. The number of hydrogen-bond acceptors (Lipinski definition) is 1. The maximum absolute atomic E-state index is 3.78. The molecule has 0 unspecified atom stereocenters. The van der Waals surface area contributed by atoms with Gasteiger partial charge < -0.3 is 4.90 Å². The van der Waals surface area contributed by atoms with E-state index in [1.165, 1.54) is 104 Å². The van der Waals surface area contributed by atoms with Crippen LogP contribution >= 0.6 is 0 Å². The molecule has 0 atom stereocenters. The van der Waals surface area contributed by atoms with E-state index in [2.05, 4.69) is 219 Å². The number of anilines is 3. The second kappa shape index (κ2) is 14.2. The molecular formula is C65H51N. The maximum atomic E-state index is 3.78. The molecule has 0 heterocycles. The molecule has 0 radical (unpaired) electrons. The van der Waals surface area contributed by atoms with Gasteiger partial charge in [0.1, 0.15) is 0 Å². The summed E-state index contributed by atoms with van der Waals surface area (Å²) < 4.78 is 0. The molecule has 1 nitrogen and oxygen atoms in total. The lowest BCUT2D eigenvalue weighted by Gasteiger charge is -2.61. The number of fused-ring (bicyclic) bond motifs is 7. The lowest BCUT2D eigenvalue weighted by Crippen LogP contribution is -2.55. The summed E-state index contributed by atoms with van der Waals surface area (Å²) in [6.45, 7) is 4.76. The Morgan fingerprint density at radius 3 is 1.71 bits per heavy atom. The molecule has 4 fully saturated rings. The van der Waals surface area contributed by atoms with Crippen LogP contribution in [0.15, 0.2) is 188 Å². The number of rotatable bonds is 6. The second-order valence-electron chi connectivity index (χ2n) is 20.8. The van der Waals surface area contributed by atoms with E-state index in [9.17, 15) is 0 Å². The van der Waals surface area contributed by atoms with Gasteiger partial charge in [-0.1, -0.05) is 166 Å². The van der Waals surface area contributed by atoms with Gasteiger partial charge in [0.15, 0.2) is 0 Å². The van der Waals surface area contributed by atoms with Crippen molar-refractivity contribution in [1.82, 2.24) is 0 Å². The summed E-state index contributed by atoms with van der Waals surface area (Å²) in [5.74, 6) is 3.44. The highest BCUT2D eigenvalue weighted by Crippen LogP contribution is 2.69. The number of benzene rings is 8. The zero-order valence-corrected chi connectivity index (χ0v) is 37.7. The summed E-state index contributed by atoms with van der Waals surface area (Å²) in [5, 5.41) is 2.52. The van der Waals surface area contributed by atoms with Crippen molar-refractivity contribution in [3.63, 3.8) is 0 Å². The zero-order valence-electron chi connectivity index (χ0n) is 37.7. The van der Waals surface area contributed by atoms with Gasteiger partial charge in [-0.05, 0) is 187 Å². The monoisotopic (exact) mass is 845 g/mol. The first-order chi connectivity index (χ1) is 32.4. The molecule has 0 amide bonds. The molecule has 0 N–H and O–H groups in total. The summed E-state index contributed by atoms with van der Waals surface area (Å²) in [6, 6.07) is 78.0. The number of hydrogen-bond donors (Lipinski definition) is 0. The van der Waals surface area contributed by atoms with Crippen LogP contribution in [0.3, 0.4) is 0 Å². The van der Waals surface area contributed by atoms with E-state index in [1.807, 2.05) is 0 Å². The summed E-state index contributed by atoms with van der Waals surface area (Å²) >= 11 is 0. The standard InChI is InChI=1S/C65H51N/c1-64(2)60-31-23-47(48-24-32-62-59(39-48)56-16-8-9-18-61(56)65(62)49-34-41-33-42(36-49)37-50(65)35-41)38-58(60)57-30-29-53(40-63(57)64)66(51-25-19-44(20-26-51)43-11-4-3-5-12-43)52-27-21-46(22-28-52)55-17-10-14-45-13-6-7-15-54(45)55/h3-28,31-32,38-42,49-50H,33-37H2,1-2H3. The Morgan fingerprint density at radius 2 is 0.970 bits per heavy atom. The summed E-state index contributed by atoms with van der Waals surface area (Å²) in [4.78, 5) is 2.35. The van der Waals surface area contributed by atoms with E-state index in [4.69, 9.17) is 0 Å². The number of nitrogens with zero attached hydrogens (tertiary/aromatic N) is 1. The molecule has 0 saturated heterocycles. The van der Waals surface area contributed by atoms with Gasteiger partial charge in [0.2, 0.25) is 0 Å². The molecule has 1 heteroatoms. The van der Waals surface area contributed by atoms with Gasteiger partial charge in [-0.25, -0.2) is 0 Å². The molecular weight excluding hydrogens is 795 g/mol. The average molecular weight is 846 g/mol. The fraction of sp³-hybridized carbons (Fsp3) is 0.200. The molecule has 9 aromatic carbocycles. The lowest BCUT2D eigenvalue weighted by molar-refractivity contribution is -0.0399. The van der Waals surface area contributed by atoms with Crippen LogP contribution in [0.2, 0.25) is 0 Å². The first-order valence-electron chi connectivity index (χ1n) is 24.3. The van der Waals surface area contributed by atoms with Crippen LogP contribution < -0.4 is 4.90 Å². The Kier molecular flexibility index (Phi) is 8.20. The van der Waals surface area contributed by atoms with Gasteiger partial charge in [0.25, 0.3) is 0 Å². The molecule has 66 heavy (non-hydrogen) atoms. The van der Waals surface area contributed by atoms with Crippen molar-refractivity contribution in [2.24, 2.45) is 23.7 Å². The van der Waals surface area contributed by atoms with Gasteiger partial charge in [-0.3, -0.25) is 0 Å². The molecule has 0 aromatic heterocycles. The van der Waals surface area contributed by atoms with Crippen molar-refractivity contribution in [3.05, 3.63) is 222 Å². The molecule has 4 saturated carbocycles. The molecule has 0 aliphatic heterocycles. The Hall–Kier alpha value is -7.14. The molecule has 316 valence electrons. The van der Waals surface area contributed by atoms with Crippen LogP contribution in [-0.2, 0) is 10.8 Å². The molecule has 6 aliphatic carbocycles. The third kappa shape index (κ3) is 5.48. The Labute approximate surface area is 389 Å². The quantitative estimate of drug-likeness (QED) is 0.161. The first kappa shape index (κ1) is 38.2. The molecule has 1 spiro atoms. The van der Waals surface area contributed by atoms with E-state index in [-0.39, 0.29) is 10.8 Å². The van der Waals surface area contributed by atoms with Crippen LogP contribution in [0.4, 0.5) is 17.1 Å². The minimum Gasteiger partial charge on any atom is -0.303 e. The van der Waals surface area contributed by atoms with E-state index in [0.29, 0.717) is 0 Å². The molecule has 15 rings (SSSR count). The third-order valence-corrected chi connectivity index (χ3v) is 17.1. The van der Waals surface area contributed by atoms with Gasteiger partial charge in [-0.15, -0.1) is 0 Å². The van der Waals surface area contributed by atoms with Crippen molar-refractivity contribution in [1.29, 1.82) is 0 Å². The SMILES string of the molecule is CC1(C)c2cc(N(c3ccc(-c4ccccc4)cc3)c3ccc(-c4cccc5ccccc45)cc3)c#cc2-c2cc(-c3ccc4c(c3)-c3ccccc3C43C4CC5CC(C4)CC3C5)ccc21. The molecule has 6 aliphatic rings. The van der Waals surface area contributed by atoms with E-state index in [0.717, 1.165) is 46.3 Å². The van der Waals surface area contributed by atoms with Gasteiger partial charge in [0.05, 0.1) is 5.69 Å². The van der Waals surface area contributed by atoms with Crippen molar-refractivity contribution in [2.75, 3.05) is 4.90 Å². The average Bonchev–Trinajstić information content (AvgIpc) is 3.78. The van der Waals surface area contributed by atoms with Gasteiger partial charge in [-0.2, -0.15) is 0 Å². The topological polar surface area (TPSA) is 3.24 Å². The van der Waals surface area contributed by atoms with Crippen molar-refractivity contribution in [3.8, 4) is 55.6 Å². The van der Waals surface area contributed by atoms with Crippen LogP contribution in [0.25, 0.3) is 66.4 Å². The Morgan fingerprint density at radius 1 is 0.409 bits per heavy atom. The van der Waals surface area contributed by atoms with Crippen LogP contribution in [-0.4, -0.2) is 0 Å². The van der Waals surface area contributed by atoms with E-state index >= 15 is 0 Å². The van der Waals surface area contributed by atoms with Gasteiger partial charge in [0, 0.05) is 27.8 Å². The highest BCUT2D eigenvalue weighted by atomic mass is 15.1. The predicted molar refractivity (Wildman–Crippen MR) is 273 cm³/mol. The van der Waals surface area contributed by atoms with E-state index < -0.39 is 0 Å². The molecule has 4 bridgehead atoms. The zero-order chi connectivity index (χ0) is 43.7. The van der Waals surface area contributed by atoms with Crippen LogP contribution in [0, 0.1) is 35.8 Å². The normalized spacial score (nSPS) is 22.2.